The Labute approximate surface area is 90.4 Å². The normalized spacial score (nSPS) is 10.1. The highest BCUT2D eigenvalue weighted by Gasteiger charge is 2.02. The van der Waals surface area contributed by atoms with Gasteiger partial charge in [-0.15, -0.1) is 0 Å². The molecule has 0 fully saturated rings. The molecule has 0 aliphatic carbocycles. The number of halogens is 1. The molecule has 0 heterocycles. The summed E-state index contributed by atoms with van der Waals surface area (Å²) in [5.41, 5.74) is 0.907. The van der Waals surface area contributed by atoms with Crippen LogP contribution in [0.2, 0.25) is 0 Å². The van der Waals surface area contributed by atoms with Crippen molar-refractivity contribution in [2.75, 3.05) is 19.0 Å². The van der Waals surface area contributed by atoms with E-state index in [4.69, 9.17) is 4.74 Å². The standard InChI is InChI=1S/C12H18FNO/c1-3-4-5-8-14-10-6-7-11(13)12(9-10)15-2/h6-7,9,14H,3-5,8H2,1-2H3. The van der Waals surface area contributed by atoms with Crippen molar-refractivity contribution in [3.63, 3.8) is 0 Å². The quantitative estimate of drug-likeness (QED) is 0.728. The van der Waals surface area contributed by atoms with Gasteiger partial charge in [-0.1, -0.05) is 19.8 Å². The smallest absolute Gasteiger partial charge is 0.165 e. The van der Waals surface area contributed by atoms with Gasteiger partial charge in [0.2, 0.25) is 0 Å². The molecule has 0 saturated heterocycles. The van der Waals surface area contributed by atoms with E-state index in [2.05, 4.69) is 12.2 Å². The Kier molecular flexibility index (Phi) is 4.95. The average Bonchev–Trinajstić information content (AvgIpc) is 2.26. The van der Waals surface area contributed by atoms with Crippen molar-refractivity contribution in [3.05, 3.63) is 24.0 Å². The molecule has 0 aliphatic rings. The molecular formula is C12H18FNO. The number of hydrogen-bond acceptors (Lipinski definition) is 2. The maximum absolute atomic E-state index is 13.1. The average molecular weight is 211 g/mol. The molecule has 0 radical (unpaired) electrons. The van der Waals surface area contributed by atoms with Crippen LogP contribution in [0.5, 0.6) is 5.75 Å². The highest BCUT2D eigenvalue weighted by atomic mass is 19.1. The van der Waals surface area contributed by atoms with Gasteiger partial charge in [0, 0.05) is 18.3 Å². The first-order valence-electron chi connectivity index (χ1n) is 5.35. The van der Waals surface area contributed by atoms with Crippen molar-refractivity contribution in [1.29, 1.82) is 0 Å². The van der Waals surface area contributed by atoms with Gasteiger partial charge in [-0.2, -0.15) is 0 Å². The van der Waals surface area contributed by atoms with Gasteiger partial charge in [0.25, 0.3) is 0 Å². The van der Waals surface area contributed by atoms with Crippen molar-refractivity contribution < 1.29 is 9.13 Å². The van der Waals surface area contributed by atoms with Crippen LogP contribution < -0.4 is 10.1 Å². The van der Waals surface area contributed by atoms with E-state index in [0.717, 1.165) is 18.7 Å². The fourth-order valence-electron chi connectivity index (χ4n) is 1.38. The number of hydrogen-bond donors (Lipinski definition) is 1. The molecule has 2 nitrogen and oxygen atoms in total. The van der Waals surface area contributed by atoms with E-state index in [1.54, 1.807) is 12.1 Å². The van der Waals surface area contributed by atoms with Crippen molar-refractivity contribution >= 4 is 5.69 Å². The van der Waals surface area contributed by atoms with Gasteiger partial charge in [-0.25, -0.2) is 4.39 Å². The second-order valence-electron chi connectivity index (χ2n) is 3.48. The van der Waals surface area contributed by atoms with Crippen molar-refractivity contribution in [1.82, 2.24) is 0 Å². The fraction of sp³-hybridized carbons (Fsp3) is 0.500. The molecule has 84 valence electrons. The van der Waals surface area contributed by atoms with E-state index in [1.807, 2.05) is 0 Å². The summed E-state index contributed by atoms with van der Waals surface area (Å²) in [4.78, 5) is 0. The molecule has 0 spiro atoms. The summed E-state index contributed by atoms with van der Waals surface area (Å²) >= 11 is 0. The lowest BCUT2D eigenvalue weighted by Gasteiger charge is -2.08. The Morgan fingerprint density at radius 1 is 1.33 bits per heavy atom. The second-order valence-corrected chi connectivity index (χ2v) is 3.48. The van der Waals surface area contributed by atoms with Crippen molar-refractivity contribution in [2.24, 2.45) is 0 Å². The number of methoxy groups -OCH3 is 1. The second kappa shape index (κ2) is 6.27. The maximum atomic E-state index is 13.1. The molecule has 0 aliphatic heterocycles. The third-order valence-electron chi connectivity index (χ3n) is 2.26. The highest BCUT2D eigenvalue weighted by Crippen LogP contribution is 2.21. The monoisotopic (exact) mass is 211 g/mol. The summed E-state index contributed by atoms with van der Waals surface area (Å²) in [6, 6.07) is 4.83. The molecule has 0 saturated carbocycles. The number of anilines is 1. The van der Waals surface area contributed by atoms with Gasteiger partial charge in [-0.3, -0.25) is 0 Å². The molecule has 1 N–H and O–H groups in total. The van der Waals surface area contributed by atoms with Gasteiger partial charge in [0.05, 0.1) is 7.11 Å². The zero-order valence-electron chi connectivity index (χ0n) is 9.35. The van der Waals surface area contributed by atoms with Gasteiger partial charge in [0.15, 0.2) is 11.6 Å². The van der Waals surface area contributed by atoms with E-state index >= 15 is 0 Å². The number of nitrogens with one attached hydrogen (secondary N) is 1. The summed E-state index contributed by atoms with van der Waals surface area (Å²) < 4.78 is 18.0. The minimum atomic E-state index is -0.323. The Morgan fingerprint density at radius 3 is 2.80 bits per heavy atom. The molecule has 0 atom stereocenters. The Balaban J connectivity index is 2.47. The van der Waals surface area contributed by atoms with Crippen LogP contribution in [0.25, 0.3) is 0 Å². The first-order valence-corrected chi connectivity index (χ1v) is 5.35. The first kappa shape index (κ1) is 11.8. The largest absolute Gasteiger partial charge is 0.494 e. The van der Waals surface area contributed by atoms with Gasteiger partial charge < -0.3 is 10.1 Å². The van der Waals surface area contributed by atoms with Crippen LogP contribution in [0.15, 0.2) is 18.2 Å². The number of benzene rings is 1. The molecule has 1 rings (SSSR count). The van der Waals surface area contributed by atoms with Crippen molar-refractivity contribution in [2.45, 2.75) is 26.2 Å². The topological polar surface area (TPSA) is 21.3 Å². The Hall–Kier alpha value is -1.25. The van der Waals surface area contributed by atoms with Gasteiger partial charge in [0.1, 0.15) is 0 Å². The van der Waals surface area contributed by atoms with Crippen LogP contribution >= 0.6 is 0 Å². The van der Waals surface area contributed by atoms with E-state index < -0.39 is 0 Å². The summed E-state index contributed by atoms with van der Waals surface area (Å²) in [5.74, 6) is -0.0351. The van der Waals surface area contributed by atoms with Crippen LogP contribution in [0.4, 0.5) is 10.1 Å². The molecule has 1 aromatic rings. The van der Waals surface area contributed by atoms with Crippen LogP contribution in [-0.2, 0) is 0 Å². The van der Waals surface area contributed by atoms with Crippen molar-refractivity contribution in [3.8, 4) is 5.75 Å². The van der Waals surface area contributed by atoms with Gasteiger partial charge in [-0.05, 0) is 18.6 Å². The minimum absolute atomic E-state index is 0.287. The van der Waals surface area contributed by atoms with Crippen LogP contribution in [0.1, 0.15) is 26.2 Å². The molecule has 15 heavy (non-hydrogen) atoms. The van der Waals surface area contributed by atoms with E-state index in [1.165, 1.54) is 26.0 Å². The van der Waals surface area contributed by atoms with E-state index in [0.29, 0.717) is 0 Å². The highest BCUT2D eigenvalue weighted by molar-refractivity contribution is 5.48. The first-order chi connectivity index (χ1) is 7.27. The predicted molar refractivity (Wildman–Crippen MR) is 61.0 cm³/mol. The fourth-order valence-corrected chi connectivity index (χ4v) is 1.38. The predicted octanol–water partition coefficient (Wildman–Crippen LogP) is 3.44. The Bertz CT molecular complexity index is 302. The zero-order chi connectivity index (χ0) is 11.1. The molecule has 0 amide bonds. The zero-order valence-corrected chi connectivity index (χ0v) is 9.35. The lowest BCUT2D eigenvalue weighted by Crippen LogP contribution is -2.01. The van der Waals surface area contributed by atoms with Gasteiger partial charge >= 0.3 is 0 Å². The summed E-state index contributed by atoms with van der Waals surface area (Å²) in [5, 5.41) is 3.23. The third kappa shape index (κ3) is 3.78. The molecular weight excluding hydrogens is 193 g/mol. The van der Waals surface area contributed by atoms with Crippen LogP contribution in [0, 0.1) is 5.82 Å². The lowest BCUT2D eigenvalue weighted by molar-refractivity contribution is 0.387. The third-order valence-corrected chi connectivity index (χ3v) is 2.26. The van der Waals surface area contributed by atoms with Crippen LogP contribution in [-0.4, -0.2) is 13.7 Å². The molecule has 3 heteroatoms. The minimum Gasteiger partial charge on any atom is -0.494 e. The molecule has 0 unspecified atom stereocenters. The summed E-state index contributed by atoms with van der Waals surface area (Å²) in [7, 11) is 1.47. The number of unbranched alkanes of at least 4 members (excludes halogenated alkanes) is 2. The summed E-state index contributed by atoms with van der Waals surface area (Å²) in [6.07, 6.45) is 3.55. The van der Waals surface area contributed by atoms with E-state index in [9.17, 15) is 4.39 Å². The number of rotatable bonds is 6. The maximum Gasteiger partial charge on any atom is 0.165 e. The Morgan fingerprint density at radius 2 is 2.13 bits per heavy atom. The molecule has 1 aromatic carbocycles. The molecule has 0 bridgehead atoms. The number of ether oxygens (including phenoxy) is 1. The van der Waals surface area contributed by atoms with Crippen LogP contribution in [0.3, 0.4) is 0 Å². The van der Waals surface area contributed by atoms with E-state index in [-0.39, 0.29) is 11.6 Å². The molecule has 0 aromatic heterocycles. The SMILES string of the molecule is CCCCCNc1ccc(F)c(OC)c1. The summed E-state index contributed by atoms with van der Waals surface area (Å²) in [6.45, 7) is 3.09. The lowest BCUT2D eigenvalue weighted by atomic mass is 10.2.